The van der Waals surface area contributed by atoms with Crippen LogP contribution in [0.25, 0.3) is 0 Å². The van der Waals surface area contributed by atoms with Crippen molar-refractivity contribution in [3.63, 3.8) is 0 Å². The fraction of sp³-hybridized carbons (Fsp3) is 0.651. The van der Waals surface area contributed by atoms with Crippen LogP contribution in [0.3, 0.4) is 0 Å². The van der Waals surface area contributed by atoms with E-state index in [9.17, 15) is 34.5 Å². The number of aliphatic hydroxyl groups excluding tert-OH is 2. The Balaban J connectivity index is 2.74. The minimum Gasteiger partial charge on any atom is -0.479 e. The number of hydrogen-bond acceptors (Lipinski definition) is 11. The summed E-state index contributed by atoms with van der Waals surface area (Å²) in [5, 5.41) is 31.4. The topological polar surface area (TPSA) is 175 Å². The Morgan fingerprint density at radius 3 is 1.31 bits per heavy atom. The number of hydrogen-bond donors (Lipinski definition) is 3. The van der Waals surface area contributed by atoms with Crippen molar-refractivity contribution in [1.29, 1.82) is 0 Å². The fourth-order valence-electron chi connectivity index (χ4n) is 7.94. The molecular formula is C63H100O12. The second-order valence-electron chi connectivity index (χ2n) is 19.2. The van der Waals surface area contributed by atoms with E-state index in [1.54, 1.807) is 0 Å². The Labute approximate surface area is 453 Å². The van der Waals surface area contributed by atoms with E-state index in [1.165, 1.54) is 6.42 Å². The van der Waals surface area contributed by atoms with Gasteiger partial charge in [-0.25, -0.2) is 4.79 Å². The van der Waals surface area contributed by atoms with Crippen molar-refractivity contribution in [2.24, 2.45) is 0 Å². The Morgan fingerprint density at radius 1 is 0.453 bits per heavy atom. The lowest BCUT2D eigenvalue weighted by atomic mass is 9.98. The van der Waals surface area contributed by atoms with Crippen molar-refractivity contribution in [2.75, 3.05) is 13.2 Å². The van der Waals surface area contributed by atoms with Crippen LogP contribution in [0.15, 0.2) is 109 Å². The SMILES string of the molecule is CC/C=C\C/C=C\C/C=C\C/C=C\CCCCC(=O)OC(COC(=O)CCCCCCCCC/C=C\C/C=C\C/C=C\CC)COC1OC(C(=O)O)C(O)C(O)C1OC(=O)CCCCCCC/C=C\C/C=C\CCC. The fourth-order valence-corrected chi connectivity index (χ4v) is 7.94. The Kier molecular flexibility index (Phi) is 45.8. The standard InChI is InChI=1S/C63H100O12/c1-4-7-10-13-16-19-22-25-27-28-30-32-34-37-40-43-46-49-55(64)71-52-54(73-56(65)50-47-44-41-38-36-33-29-26-23-20-17-14-11-8-5-2)53-72-63-61(59(68)58(67)60(75-63)62(69)70)74-57(66)51-48-45-42-39-35-31-24-21-18-15-12-9-6-3/h7-8,10-12,15-17,19-21,24-27,29,36,38,54,58-61,63,67-68H,4-6,9,13-14,18,22-23,28,30-35,37,39-53H2,1-3H3,(H,69,70)/b10-7-,11-8-,15-12-,19-16-,20-17-,24-21-,27-25-,29-26-,38-36-. The molecule has 1 heterocycles. The van der Waals surface area contributed by atoms with Gasteiger partial charge in [-0.3, -0.25) is 14.4 Å². The number of rotatable bonds is 47. The maximum absolute atomic E-state index is 13.1. The smallest absolute Gasteiger partial charge is 0.335 e. The molecule has 0 aromatic heterocycles. The molecule has 0 spiro atoms. The quantitative estimate of drug-likeness (QED) is 0.0228. The predicted octanol–water partition coefficient (Wildman–Crippen LogP) is 14.7. The predicted molar refractivity (Wildman–Crippen MR) is 303 cm³/mol. The summed E-state index contributed by atoms with van der Waals surface area (Å²) in [6.07, 6.45) is 54.9. The van der Waals surface area contributed by atoms with Gasteiger partial charge in [0.1, 0.15) is 18.8 Å². The van der Waals surface area contributed by atoms with Crippen molar-refractivity contribution < 1.29 is 58.2 Å². The molecule has 0 saturated carbocycles. The Hall–Kier alpha value is -4.62. The molecule has 0 bridgehead atoms. The van der Waals surface area contributed by atoms with E-state index in [1.807, 2.05) is 0 Å². The summed E-state index contributed by atoms with van der Waals surface area (Å²) in [5.41, 5.74) is 0. The molecule has 1 saturated heterocycles. The van der Waals surface area contributed by atoms with E-state index in [0.717, 1.165) is 148 Å². The van der Waals surface area contributed by atoms with Crippen molar-refractivity contribution in [2.45, 2.75) is 250 Å². The van der Waals surface area contributed by atoms with Gasteiger partial charge in [0.15, 0.2) is 24.6 Å². The summed E-state index contributed by atoms with van der Waals surface area (Å²) in [6, 6.07) is 0. The number of unbranched alkanes of at least 4 members (excludes halogenated alkanes) is 15. The first-order chi connectivity index (χ1) is 36.6. The molecule has 1 aliphatic rings. The molecule has 1 aliphatic heterocycles. The average Bonchev–Trinajstić information content (AvgIpc) is 3.39. The summed E-state index contributed by atoms with van der Waals surface area (Å²) in [5.74, 6) is -3.22. The first kappa shape index (κ1) is 68.4. The third-order valence-electron chi connectivity index (χ3n) is 12.3. The van der Waals surface area contributed by atoms with E-state index in [0.29, 0.717) is 19.3 Å². The Morgan fingerprint density at radius 2 is 0.840 bits per heavy atom. The molecule has 75 heavy (non-hydrogen) atoms. The van der Waals surface area contributed by atoms with Gasteiger partial charge >= 0.3 is 23.9 Å². The van der Waals surface area contributed by atoms with Gasteiger partial charge in [-0.05, 0) is 116 Å². The van der Waals surface area contributed by atoms with Gasteiger partial charge in [0.05, 0.1) is 6.61 Å². The lowest BCUT2D eigenvalue weighted by molar-refractivity contribution is -0.301. The van der Waals surface area contributed by atoms with Crippen LogP contribution in [-0.2, 0) is 42.9 Å². The van der Waals surface area contributed by atoms with Crippen LogP contribution in [-0.4, -0.2) is 89.2 Å². The van der Waals surface area contributed by atoms with Gasteiger partial charge in [0.2, 0.25) is 0 Å². The first-order valence-electron chi connectivity index (χ1n) is 28.9. The first-order valence-corrected chi connectivity index (χ1v) is 28.9. The molecule has 6 atom stereocenters. The van der Waals surface area contributed by atoms with Crippen LogP contribution < -0.4 is 0 Å². The number of aliphatic carboxylic acids is 1. The molecular weight excluding hydrogens is 949 g/mol. The number of ether oxygens (including phenoxy) is 5. The number of carbonyl (C=O) groups is 4. The van der Waals surface area contributed by atoms with Crippen molar-refractivity contribution in [3.8, 4) is 0 Å². The summed E-state index contributed by atoms with van der Waals surface area (Å²) < 4.78 is 28.3. The molecule has 0 aromatic carbocycles. The highest BCUT2D eigenvalue weighted by Gasteiger charge is 2.50. The summed E-state index contributed by atoms with van der Waals surface area (Å²) in [6.45, 7) is 5.63. The molecule has 1 fully saturated rings. The average molecular weight is 1050 g/mol. The molecule has 3 N–H and O–H groups in total. The van der Waals surface area contributed by atoms with E-state index >= 15 is 0 Å². The molecule has 6 unspecified atom stereocenters. The molecule has 424 valence electrons. The Bertz CT molecular complexity index is 1720. The summed E-state index contributed by atoms with van der Waals surface area (Å²) in [7, 11) is 0. The van der Waals surface area contributed by atoms with Crippen molar-refractivity contribution in [1.82, 2.24) is 0 Å². The monoisotopic (exact) mass is 1050 g/mol. The zero-order valence-electron chi connectivity index (χ0n) is 46.5. The third-order valence-corrected chi connectivity index (χ3v) is 12.3. The molecule has 0 amide bonds. The van der Waals surface area contributed by atoms with Gasteiger partial charge in [-0.2, -0.15) is 0 Å². The number of carbonyl (C=O) groups excluding carboxylic acids is 3. The van der Waals surface area contributed by atoms with Gasteiger partial charge in [0, 0.05) is 19.3 Å². The second kappa shape index (κ2) is 50.2. The molecule has 0 aromatic rings. The van der Waals surface area contributed by atoms with Gasteiger partial charge < -0.3 is 39.0 Å². The molecule has 0 aliphatic carbocycles. The highest BCUT2D eigenvalue weighted by Crippen LogP contribution is 2.26. The van der Waals surface area contributed by atoms with Crippen molar-refractivity contribution >= 4 is 23.9 Å². The lowest BCUT2D eigenvalue weighted by Gasteiger charge is -2.40. The number of aliphatic hydroxyl groups is 2. The van der Waals surface area contributed by atoms with Crippen LogP contribution in [0.1, 0.15) is 213 Å². The zero-order chi connectivity index (χ0) is 54.7. The number of esters is 3. The number of carboxylic acids is 1. The summed E-state index contributed by atoms with van der Waals surface area (Å²) >= 11 is 0. The third kappa shape index (κ3) is 40.3. The second-order valence-corrected chi connectivity index (χ2v) is 19.2. The van der Waals surface area contributed by atoms with Crippen LogP contribution in [0.4, 0.5) is 0 Å². The maximum Gasteiger partial charge on any atom is 0.335 e. The normalized spacial score (nSPS) is 19.0. The van der Waals surface area contributed by atoms with Crippen LogP contribution in [0.2, 0.25) is 0 Å². The van der Waals surface area contributed by atoms with Gasteiger partial charge in [-0.1, -0.05) is 188 Å². The largest absolute Gasteiger partial charge is 0.479 e. The highest BCUT2D eigenvalue weighted by molar-refractivity contribution is 5.74. The van der Waals surface area contributed by atoms with Crippen LogP contribution >= 0.6 is 0 Å². The minimum absolute atomic E-state index is 0.0328. The maximum atomic E-state index is 13.1. The van der Waals surface area contributed by atoms with Crippen LogP contribution in [0.5, 0.6) is 0 Å². The van der Waals surface area contributed by atoms with Gasteiger partial charge in [-0.15, -0.1) is 0 Å². The molecule has 12 nitrogen and oxygen atoms in total. The summed E-state index contributed by atoms with van der Waals surface area (Å²) in [4.78, 5) is 51.1. The minimum atomic E-state index is -1.92. The van der Waals surface area contributed by atoms with Crippen LogP contribution in [0, 0.1) is 0 Å². The van der Waals surface area contributed by atoms with E-state index in [-0.39, 0.29) is 25.9 Å². The molecule has 0 radical (unpaired) electrons. The molecule has 1 rings (SSSR count). The van der Waals surface area contributed by atoms with E-state index in [2.05, 4.69) is 130 Å². The highest BCUT2D eigenvalue weighted by atomic mass is 16.7. The van der Waals surface area contributed by atoms with Crippen molar-refractivity contribution in [3.05, 3.63) is 109 Å². The van der Waals surface area contributed by atoms with E-state index in [4.69, 9.17) is 23.7 Å². The zero-order valence-corrected chi connectivity index (χ0v) is 46.5. The van der Waals surface area contributed by atoms with Gasteiger partial charge in [0.25, 0.3) is 0 Å². The van der Waals surface area contributed by atoms with E-state index < -0.39 is 67.3 Å². The molecule has 12 heteroatoms. The number of allylic oxidation sites excluding steroid dienone is 18. The number of carboxylic acid groups (broad SMARTS) is 1. The lowest BCUT2D eigenvalue weighted by Crippen LogP contribution is -2.61.